The Hall–Kier alpha value is -2.34. The Morgan fingerprint density at radius 1 is 0.600 bits per heavy atom. The minimum absolute atomic E-state index is 0.0791. The smallest absolute Gasteiger partial charge is 0.169 e. The molecule has 3 saturated carbocycles. The van der Waals surface area contributed by atoms with Gasteiger partial charge < -0.3 is 14.9 Å². The van der Waals surface area contributed by atoms with E-state index < -0.39 is 0 Å². The number of ether oxygens (including phenoxy) is 1. The van der Waals surface area contributed by atoms with Crippen molar-refractivity contribution in [2.24, 2.45) is 34.0 Å². The lowest BCUT2D eigenvalue weighted by Crippen LogP contribution is -2.41. The molecule has 0 aromatic heterocycles. The molecule has 3 fully saturated rings. The number of hydrogen-bond acceptors (Lipinski definition) is 7. The number of carbonyl (C=O) groups excluding carboxylic acids is 4. The predicted octanol–water partition coefficient (Wildman–Crippen LogP) is 11.7. The molecule has 60 heavy (non-hydrogen) atoms. The molecule has 8 atom stereocenters. The topological polar surface area (TPSA) is 118 Å². The number of halogens is 3. The summed E-state index contributed by atoms with van der Waals surface area (Å²) in [5.74, 6) is 2.13. The lowest BCUT2D eigenvalue weighted by atomic mass is 9.65. The summed E-state index contributed by atoms with van der Waals surface area (Å²) in [4.78, 5) is 50.4. The molecule has 0 amide bonds. The molecule has 2 N–H and O–H groups in total. The first-order chi connectivity index (χ1) is 28.7. The van der Waals surface area contributed by atoms with Crippen LogP contribution in [0.25, 0.3) is 0 Å². The van der Waals surface area contributed by atoms with Crippen molar-refractivity contribution in [2.45, 2.75) is 129 Å². The fraction of sp³-hybridized carbons (Fsp3) is 0.560. The predicted molar refractivity (Wildman–Crippen MR) is 247 cm³/mol. The van der Waals surface area contributed by atoms with Crippen molar-refractivity contribution in [1.82, 2.24) is 0 Å². The van der Waals surface area contributed by atoms with Crippen LogP contribution in [0, 0.1) is 34.0 Å². The van der Waals surface area contributed by atoms with Gasteiger partial charge in [-0.15, -0.1) is 0 Å². The SMILES string of the molecule is CC[C@H]1CC2(CCC1=O)Cc1ccc(Br)cc1C2=O.CC[C@H]1CC2(CC[C@@H]1O)Cc1ccc(Br)cc1C2=O.CC[C@H]1CC2(CC[C@@H]1OC)Cc1ccc(Br)cc1C2=O.CO. The highest BCUT2D eigenvalue weighted by molar-refractivity contribution is 9.11. The lowest BCUT2D eigenvalue weighted by Gasteiger charge is -2.40. The van der Waals surface area contributed by atoms with Gasteiger partial charge in [0.1, 0.15) is 5.78 Å². The van der Waals surface area contributed by atoms with Crippen molar-refractivity contribution < 1.29 is 34.1 Å². The van der Waals surface area contributed by atoms with E-state index in [-0.39, 0.29) is 40.0 Å². The second-order valence-electron chi connectivity index (χ2n) is 18.2. The first-order valence-corrected chi connectivity index (χ1v) is 24.3. The van der Waals surface area contributed by atoms with Gasteiger partial charge in [0.2, 0.25) is 0 Å². The number of Topliss-reactive ketones (excluding diaryl/α,β-unsaturated/α-hetero) is 4. The number of methoxy groups -OCH3 is 1. The molecular weight excluding hydrogens is 952 g/mol. The van der Waals surface area contributed by atoms with Gasteiger partial charge in [-0.05, 0) is 142 Å². The Morgan fingerprint density at radius 2 is 1.02 bits per heavy atom. The number of fused-ring (bicyclic) bond motifs is 3. The zero-order valence-corrected chi connectivity index (χ0v) is 40.5. The third kappa shape index (κ3) is 9.17. The van der Waals surface area contributed by atoms with E-state index in [1.807, 2.05) is 49.4 Å². The van der Waals surface area contributed by atoms with Gasteiger partial charge in [0.05, 0.1) is 12.2 Å². The molecule has 10 heteroatoms. The third-order valence-electron chi connectivity index (χ3n) is 15.0. The maximum Gasteiger partial charge on any atom is 0.169 e. The molecule has 6 aliphatic rings. The van der Waals surface area contributed by atoms with E-state index in [0.29, 0.717) is 35.8 Å². The van der Waals surface area contributed by atoms with Crippen molar-refractivity contribution in [1.29, 1.82) is 0 Å². The standard InChI is InChI=1S/C17H21BrO2.C16H19BrO2.C16H17BrO2.CH4O/c1-3-11-9-17(7-6-15(11)20-2)10-12-4-5-13(18)8-14(12)16(17)19;2*1-2-10-8-16(6-5-14(10)18)9-11-3-4-12(17)7-13(11)15(16)19;1-2/h4-5,8,11,15H,3,6-7,9-10H2,1-2H3;3-4,7,10,14,18H,2,5-6,8-9H2,1H3;3-4,7,10H,2,5-6,8-9H2,1H3;2H,1H3/t11-,15-,17?;10-,14-,16?;10-,16?;/m000./s1. The average molecular weight is 1010 g/mol. The van der Waals surface area contributed by atoms with E-state index in [1.165, 1.54) is 11.1 Å². The zero-order chi connectivity index (χ0) is 43.6. The van der Waals surface area contributed by atoms with Crippen molar-refractivity contribution >= 4 is 70.9 Å². The maximum atomic E-state index is 12.9. The number of rotatable bonds is 4. The monoisotopic (exact) mass is 1010 g/mol. The minimum Gasteiger partial charge on any atom is -0.400 e. The molecule has 9 rings (SSSR count). The van der Waals surface area contributed by atoms with E-state index in [4.69, 9.17) is 9.84 Å². The fourth-order valence-corrected chi connectivity index (χ4v) is 12.7. The van der Waals surface area contributed by atoms with Gasteiger partial charge in [0.15, 0.2) is 17.3 Å². The molecule has 3 aromatic carbocycles. The normalized spacial score (nSPS) is 31.1. The molecule has 0 saturated heterocycles. The Labute approximate surface area is 381 Å². The van der Waals surface area contributed by atoms with Crippen molar-refractivity contribution in [3.8, 4) is 0 Å². The van der Waals surface area contributed by atoms with Gasteiger partial charge >= 0.3 is 0 Å². The number of benzene rings is 3. The minimum atomic E-state index is -0.294. The van der Waals surface area contributed by atoms with E-state index in [1.54, 1.807) is 7.11 Å². The van der Waals surface area contributed by atoms with E-state index >= 15 is 0 Å². The van der Waals surface area contributed by atoms with Gasteiger partial charge in [0.25, 0.3) is 0 Å². The summed E-state index contributed by atoms with van der Waals surface area (Å²) in [5, 5.41) is 17.0. The Kier molecular flexibility index (Phi) is 15.4. The number of ketones is 4. The second-order valence-corrected chi connectivity index (χ2v) is 20.9. The first-order valence-electron chi connectivity index (χ1n) is 21.9. The molecule has 7 nitrogen and oxygen atoms in total. The summed E-state index contributed by atoms with van der Waals surface area (Å²) in [6, 6.07) is 18.2. The van der Waals surface area contributed by atoms with Crippen LogP contribution in [0.1, 0.15) is 146 Å². The van der Waals surface area contributed by atoms with Crippen molar-refractivity contribution in [2.75, 3.05) is 14.2 Å². The molecule has 0 radical (unpaired) electrons. The van der Waals surface area contributed by atoms with Gasteiger partial charge in [-0.25, -0.2) is 0 Å². The molecule has 324 valence electrons. The van der Waals surface area contributed by atoms with Crippen LogP contribution < -0.4 is 0 Å². The summed E-state index contributed by atoms with van der Waals surface area (Å²) in [7, 11) is 2.80. The Bertz CT molecular complexity index is 2100. The fourth-order valence-electron chi connectivity index (χ4n) is 11.6. The number of aliphatic hydroxyl groups is 2. The van der Waals surface area contributed by atoms with Crippen LogP contribution in [0.5, 0.6) is 0 Å². The molecule has 3 aromatic rings. The summed E-state index contributed by atoms with van der Waals surface area (Å²) in [5.41, 5.74) is 5.56. The second kappa shape index (κ2) is 19.6. The van der Waals surface area contributed by atoms with Crippen LogP contribution in [0.3, 0.4) is 0 Å². The van der Waals surface area contributed by atoms with E-state index in [9.17, 15) is 24.3 Å². The number of hydrogen-bond donors (Lipinski definition) is 2. The number of aliphatic hydroxyl groups excluding tert-OH is 2. The third-order valence-corrected chi connectivity index (χ3v) is 16.4. The average Bonchev–Trinajstić information content (AvgIpc) is 3.79. The quantitative estimate of drug-likeness (QED) is 0.267. The maximum absolute atomic E-state index is 12.9. The molecule has 3 spiro atoms. The van der Waals surface area contributed by atoms with Crippen molar-refractivity contribution in [3.63, 3.8) is 0 Å². The lowest BCUT2D eigenvalue weighted by molar-refractivity contribution is -0.126. The highest BCUT2D eigenvalue weighted by Crippen LogP contribution is 2.52. The number of carbonyl (C=O) groups is 4. The van der Waals surface area contributed by atoms with E-state index in [2.05, 4.69) is 73.8 Å². The van der Waals surface area contributed by atoms with Crippen LogP contribution in [0.15, 0.2) is 68.0 Å². The van der Waals surface area contributed by atoms with Crippen LogP contribution in [-0.2, 0) is 28.8 Å². The highest BCUT2D eigenvalue weighted by Gasteiger charge is 2.52. The summed E-state index contributed by atoms with van der Waals surface area (Å²) in [6.07, 6.45) is 13.0. The summed E-state index contributed by atoms with van der Waals surface area (Å²) < 4.78 is 8.54. The van der Waals surface area contributed by atoms with Crippen LogP contribution >= 0.6 is 47.8 Å². The highest BCUT2D eigenvalue weighted by atomic mass is 79.9. The largest absolute Gasteiger partial charge is 0.400 e. The molecule has 0 aliphatic heterocycles. The van der Waals surface area contributed by atoms with Gasteiger partial charge in [0, 0.05) is 72.9 Å². The molecule has 3 unspecified atom stereocenters. The first kappa shape index (κ1) is 47.1. The Morgan fingerprint density at radius 3 is 1.43 bits per heavy atom. The molecule has 6 aliphatic carbocycles. The van der Waals surface area contributed by atoms with Gasteiger partial charge in [-0.2, -0.15) is 0 Å². The summed E-state index contributed by atoms with van der Waals surface area (Å²) >= 11 is 10.4. The van der Waals surface area contributed by atoms with Crippen LogP contribution in [0.2, 0.25) is 0 Å². The molecule has 0 heterocycles. The van der Waals surface area contributed by atoms with Crippen molar-refractivity contribution in [3.05, 3.63) is 101 Å². The summed E-state index contributed by atoms with van der Waals surface area (Å²) in [6.45, 7) is 6.36. The molecule has 0 bridgehead atoms. The molecular formula is C50H61Br3O7. The zero-order valence-electron chi connectivity index (χ0n) is 35.8. The Balaban J connectivity index is 0.000000148. The van der Waals surface area contributed by atoms with Crippen LogP contribution in [-0.4, -0.2) is 59.8 Å². The van der Waals surface area contributed by atoms with Gasteiger partial charge in [-0.3, -0.25) is 19.2 Å². The van der Waals surface area contributed by atoms with Crippen LogP contribution in [0.4, 0.5) is 0 Å². The van der Waals surface area contributed by atoms with Gasteiger partial charge in [-0.1, -0.05) is 99.6 Å². The van der Waals surface area contributed by atoms with E-state index in [0.717, 1.165) is 133 Å².